The van der Waals surface area contributed by atoms with Crippen LogP contribution in [0.3, 0.4) is 0 Å². The number of nitriles is 1. The maximum Gasteiger partial charge on any atom is 0.446 e. The average Bonchev–Trinajstić information content (AvgIpc) is 2.37. The third-order valence-corrected chi connectivity index (χ3v) is 3.44. The molecule has 21 heavy (non-hydrogen) atoms. The number of benzene rings is 1. The van der Waals surface area contributed by atoms with Crippen LogP contribution in [0.1, 0.15) is 23.6 Å². The van der Waals surface area contributed by atoms with Crippen molar-refractivity contribution in [1.82, 2.24) is 0 Å². The topological polar surface area (TPSA) is 76.1 Å². The van der Waals surface area contributed by atoms with Crippen LogP contribution in [0.2, 0.25) is 0 Å². The monoisotopic (exact) mass is 318 g/mol. The number of esters is 1. The molecule has 0 atom stereocenters. The Morgan fingerprint density at radius 1 is 1.48 bits per heavy atom. The quantitative estimate of drug-likeness (QED) is 0.667. The lowest BCUT2D eigenvalue weighted by Gasteiger charge is -2.15. The molecular weight excluding hydrogens is 305 g/mol. The minimum Gasteiger partial charge on any atom is -0.466 e. The van der Waals surface area contributed by atoms with Crippen molar-refractivity contribution >= 4 is 17.7 Å². The Labute approximate surface area is 124 Å². The minimum atomic E-state index is -4.54. The van der Waals surface area contributed by atoms with E-state index in [-0.39, 0.29) is 35.6 Å². The van der Waals surface area contributed by atoms with Gasteiger partial charge in [0.15, 0.2) is 0 Å². The second kappa shape index (κ2) is 7.33. The fourth-order valence-electron chi connectivity index (χ4n) is 1.75. The molecule has 0 aromatic heterocycles. The Kier molecular flexibility index (Phi) is 6.05. The SMILES string of the molecule is CCOC(=O)Cc1ccc(C#N)c(SC(F)(F)F)c1CN. The Hall–Kier alpha value is -1.72. The zero-order chi connectivity index (χ0) is 16.0. The van der Waals surface area contributed by atoms with Crippen LogP contribution in [0.5, 0.6) is 0 Å². The van der Waals surface area contributed by atoms with E-state index >= 15 is 0 Å². The van der Waals surface area contributed by atoms with E-state index in [2.05, 4.69) is 0 Å². The molecule has 0 saturated heterocycles. The van der Waals surface area contributed by atoms with E-state index in [9.17, 15) is 18.0 Å². The molecule has 0 unspecified atom stereocenters. The van der Waals surface area contributed by atoms with Crippen molar-refractivity contribution in [3.05, 3.63) is 28.8 Å². The van der Waals surface area contributed by atoms with Gasteiger partial charge in [-0.2, -0.15) is 18.4 Å². The standard InChI is InChI=1S/C13H13F3N2O2S/c1-2-20-11(19)5-8-3-4-9(6-17)12(10(8)7-18)21-13(14,15)16/h3-4H,2,5,7,18H2,1H3. The lowest BCUT2D eigenvalue weighted by Crippen LogP contribution is -2.13. The van der Waals surface area contributed by atoms with Gasteiger partial charge in [0.2, 0.25) is 0 Å². The van der Waals surface area contributed by atoms with Crippen LogP contribution < -0.4 is 5.73 Å². The molecule has 0 saturated carbocycles. The van der Waals surface area contributed by atoms with E-state index in [1.54, 1.807) is 13.0 Å². The number of hydrogen-bond acceptors (Lipinski definition) is 5. The summed E-state index contributed by atoms with van der Waals surface area (Å²) in [6.07, 6.45) is -0.183. The highest BCUT2D eigenvalue weighted by atomic mass is 32.2. The van der Waals surface area contributed by atoms with Gasteiger partial charge in [0, 0.05) is 11.4 Å². The molecule has 0 amide bonds. The molecule has 2 N–H and O–H groups in total. The van der Waals surface area contributed by atoms with Crippen LogP contribution in [0.15, 0.2) is 17.0 Å². The maximum absolute atomic E-state index is 12.6. The largest absolute Gasteiger partial charge is 0.466 e. The highest BCUT2D eigenvalue weighted by Gasteiger charge is 2.32. The van der Waals surface area contributed by atoms with Crippen LogP contribution in [-0.2, 0) is 22.5 Å². The van der Waals surface area contributed by atoms with Gasteiger partial charge in [-0.25, -0.2) is 0 Å². The normalized spacial score (nSPS) is 11.0. The lowest BCUT2D eigenvalue weighted by molar-refractivity contribution is -0.142. The van der Waals surface area contributed by atoms with E-state index in [0.29, 0.717) is 5.56 Å². The molecule has 0 aliphatic heterocycles. The average molecular weight is 318 g/mol. The number of ether oxygens (including phenoxy) is 1. The molecule has 0 aliphatic carbocycles. The van der Waals surface area contributed by atoms with Gasteiger partial charge in [-0.1, -0.05) is 6.07 Å². The highest BCUT2D eigenvalue weighted by molar-refractivity contribution is 8.00. The number of nitrogens with zero attached hydrogens (tertiary/aromatic N) is 1. The number of alkyl halides is 3. The first-order valence-corrected chi connectivity index (χ1v) is 6.80. The van der Waals surface area contributed by atoms with Gasteiger partial charge in [0.05, 0.1) is 18.6 Å². The summed E-state index contributed by atoms with van der Waals surface area (Å²) in [7, 11) is 0. The van der Waals surface area contributed by atoms with Gasteiger partial charge in [-0.05, 0) is 35.9 Å². The molecule has 0 aliphatic rings. The number of carbonyl (C=O) groups excluding carboxylic acids is 1. The number of carbonyl (C=O) groups is 1. The second-order valence-corrected chi connectivity index (χ2v) is 5.00. The Morgan fingerprint density at radius 3 is 2.62 bits per heavy atom. The molecule has 0 spiro atoms. The Balaban J connectivity index is 3.26. The van der Waals surface area contributed by atoms with Crippen LogP contribution >= 0.6 is 11.8 Å². The molecule has 4 nitrogen and oxygen atoms in total. The van der Waals surface area contributed by atoms with Crippen molar-refractivity contribution < 1.29 is 22.7 Å². The molecule has 0 fully saturated rings. The van der Waals surface area contributed by atoms with Crippen molar-refractivity contribution in [2.45, 2.75) is 30.3 Å². The molecule has 0 radical (unpaired) electrons. The second-order valence-electron chi connectivity index (χ2n) is 3.93. The zero-order valence-electron chi connectivity index (χ0n) is 11.2. The fourth-order valence-corrected chi connectivity index (χ4v) is 2.54. The van der Waals surface area contributed by atoms with E-state index in [0.717, 1.165) is 0 Å². The van der Waals surface area contributed by atoms with E-state index < -0.39 is 23.2 Å². The van der Waals surface area contributed by atoms with Crippen LogP contribution in [0, 0.1) is 11.3 Å². The predicted octanol–water partition coefficient (Wildman–Crippen LogP) is 2.73. The van der Waals surface area contributed by atoms with E-state index in [1.807, 2.05) is 0 Å². The molecule has 114 valence electrons. The highest BCUT2D eigenvalue weighted by Crippen LogP contribution is 2.41. The van der Waals surface area contributed by atoms with E-state index in [1.165, 1.54) is 12.1 Å². The first kappa shape index (κ1) is 17.3. The van der Waals surface area contributed by atoms with Crippen molar-refractivity contribution in [2.24, 2.45) is 5.73 Å². The minimum absolute atomic E-state index is 0.120. The predicted molar refractivity (Wildman–Crippen MR) is 71.3 cm³/mol. The Bertz CT molecular complexity index is 568. The number of halogens is 3. The summed E-state index contributed by atoms with van der Waals surface area (Å²) >= 11 is -0.397. The number of rotatable bonds is 5. The Morgan fingerprint density at radius 2 is 2.14 bits per heavy atom. The number of hydrogen-bond donors (Lipinski definition) is 1. The maximum atomic E-state index is 12.6. The molecule has 8 heteroatoms. The summed E-state index contributed by atoms with van der Waals surface area (Å²) < 4.78 is 42.6. The van der Waals surface area contributed by atoms with Gasteiger partial charge in [0.25, 0.3) is 0 Å². The molecule has 1 rings (SSSR count). The summed E-state index contributed by atoms with van der Waals surface area (Å²) in [5, 5.41) is 8.93. The van der Waals surface area contributed by atoms with Gasteiger partial charge >= 0.3 is 11.5 Å². The first-order valence-electron chi connectivity index (χ1n) is 5.98. The summed E-state index contributed by atoms with van der Waals surface area (Å²) in [6.45, 7) is 1.60. The fraction of sp³-hybridized carbons (Fsp3) is 0.385. The van der Waals surface area contributed by atoms with Crippen molar-refractivity contribution in [2.75, 3.05) is 6.61 Å². The zero-order valence-corrected chi connectivity index (χ0v) is 12.0. The first-order chi connectivity index (χ1) is 9.82. The summed E-state index contributed by atoms with van der Waals surface area (Å²) in [5.74, 6) is -0.556. The van der Waals surface area contributed by atoms with Crippen LogP contribution in [0.25, 0.3) is 0 Å². The summed E-state index contributed by atoms with van der Waals surface area (Å²) in [5.41, 5.74) is 1.32. The van der Waals surface area contributed by atoms with Crippen LogP contribution in [-0.4, -0.2) is 18.1 Å². The smallest absolute Gasteiger partial charge is 0.446 e. The molecular formula is C13H13F3N2O2S. The van der Waals surface area contributed by atoms with Crippen molar-refractivity contribution in [3.8, 4) is 6.07 Å². The van der Waals surface area contributed by atoms with Gasteiger partial charge in [-0.15, -0.1) is 0 Å². The third kappa shape index (κ3) is 4.95. The number of nitrogens with two attached hydrogens (primary N) is 1. The molecule has 1 aromatic rings. The van der Waals surface area contributed by atoms with Crippen molar-refractivity contribution in [3.63, 3.8) is 0 Å². The van der Waals surface area contributed by atoms with Crippen molar-refractivity contribution in [1.29, 1.82) is 5.26 Å². The van der Waals surface area contributed by atoms with Crippen LogP contribution in [0.4, 0.5) is 13.2 Å². The third-order valence-electron chi connectivity index (χ3n) is 2.54. The summed E-state index contributed by atoms with van der Waals surface area (Å²) in [4.78, 5) is 11.2. The lowest BCUT2D eigenvalue weighted by atomic mass is 10.0. The molecule has 0 bridgehead atoms. The van der Waals surface area contributed by atoms with Gasteiger partial charge in [-0.3, -0.25) is 4.79 Å². The van der Waals surface area contributed by atoms with E-state index in [4.69, 9.17) is 15.7 Å². The molecule has 1 aromatic carbocycles. The summed E-state index contributed by atoms with van der Waals surface area (Å²) in [6, 6.07) is 4.39. The molecule has 0 heterocycles. The van der Waals surface area contributed by atoms with Gasteiger partial charge < -0.3 is 10.5 Å². The van der Waals surface area contributed by atoms with Gasteiger partial charge in [0.1, 0.15) is 6.07 Å². The number of thioether (sulfide) groups is 1.